The Labute approximate surface area is 127 Å². The van der Waals surface area contributed by atoms with Crippen LogP contribution in [0, 0.1) is 13.8 Å². The molecule has 2 rings (SSSR count). The largest absolute Gasteiger partial charge is 0.308 e. The van der Waals surface area contributed by atoms with E-state index in [2.05, 4.69) is 13.0 Å². The average Bonchev–Trinajstić information content (AvgIpc) is 2.48. The zero-order chi connectivity index (χ0) is 15.2. The van der Waals surface area contributed by atoms with Crippen LogP contribution in [0.4, 0.5) is 5.69 Å². The number of carbonyl (C=O) groups excluding carboxylic acids is 1. The van der Waals surface area contributed by atoms with Gasteiger partial charge < -0.3 is 4.90 Å². The summed E-state index contributed by atoms with van der Waals surface area (Å²) in [6.07, 6.45) is 2.08. The van der Waals surface area contributed by atoms with Gasteiger partial charge in [-0.05, 0) is 44.0 Å². The molecule has 110 valence electrons. The minimum atomic E-state index is 0.0900. The molecule has 0 aromatic heterocycles. The number of rotatable bonds is 5. The second kappa shape index (κ2) is 7.07. The lowest BCUT2D eigenvalue weighted by atomic mass is 10.0. The Balaban J connectivity index is 2.34. The van der Waals surface area contributed by atoms with Crippen LogP contribution in [0.5, 0.6) is 0 Å². The normalized spacial score (nSPS) is 10.4. The van der Waals surface area contributed by atoms with Crippen LogP contribution in [-0.4, -0.2) is 12.5 Å². The minimum Gasteiger partial charge on any atom is -0.308 e. The Hall–Kier alpha value is -2.09. The average molecular weight is 281 g/mol. The summed E-state index contributed by atoms with van der Waals surface area (Å²) in [4.78, 5) is 14.8. The highest BCUT2D eigenvalue weighted by Crippen LogP contribution is 2.20. The van der Waals surface area contributed by atoms with Gasteiger partial charge in [0.1, 0.15) is 0 Å². The Morgan fingerprint density at radius 2 is 1.76 bits per heavy atom. The van der Waals surface area contributed by atoms with Crippen LogP contribution in [0.3, 0.4) is 0 Å². The van der Waals surface area contributed by atoms with Crippen molar-refractivity contribution in [1.82, 2.24) is 0 Å². The number of benzene rings is 2. The third kappa shape index (κ3) is 3.72. The fourth-order valence-corrected chi connectivity index (χ4v) is 2.47. The molecule has 1 amide bonds. The molecule has 2 aromatic rings. The first kappa shape index (κ1) is 15.3. The van der Waals surface area contributed by atoms with E-state index in [0.29, 0.717) is 0 Å². The number of para-hydroxylation sites is 1. The number of carbonyl (C=O) groups is 1. The van der Waals surface area contributed by atoms with Crippen LogP contribution in [-0.2, 0) is 0 Å². The molecule has 0 N–H and O–H groups in total. The van der Waals surface area contributed by atoms with Crippen molar-refractivity contribution in [3.05, 3.63) is 65.2 Å². The van der Waals surface area contributed by atoms with Crippen molar-refractivity contribution >= 4 is 11.6 Å². The molecule has 0 heterocycles. The SMILES string of the molecule is CCCCN(C(=O)c1ccc(C)cc1C)c1ccccc1. The van der Waals surface area contributed by atoms with Gasteiger partial charge in [-0.3, -0.25) is 4.79 Å². The quantitative estimate of drug-likeness (QED) is 0.774. The van der Waals surface area contributed by atoms with Crippen LogP contribution < -0.4 is 4.90 Å². The Bertz CT molecular complexity index is 604. The number of hydrogen-bond donors (Lipinski definition) is 0. The summed E-state index contributed by atoms with van der Waals surface area (Å²) in [5, 5.41) is 0. The van der Waals surface area contributed by atoms with Crippen LogP contribution >= 0.6 is 0 Å². The predicted octanol–water partition coefficient (Wildman–Crippen LogP) is 4.75. The molecule has 2 heteroatoms. The van der Waals surface area contributed by atoms with Crippen molar-refractivity contribution in [2.75, 3.05) is 11.4 Å². The Kier molecular flexibility index (Phi) is 5.15. The maximum Gasteiger partial charge on any atom is 0.258 e. The molecule has 0 saturated heterocycles. The van der Waals surface area contributed by atoms with Gasteiger partial charge in [-0.1, -0.05) is 49.2 Å². The van der Waals surface area contributed by atoms with Crippen molar-refractivity contribution < 1.29 is 4.79 Å². The summed E-state index contributed by atoms with van der Waals surface area (Å²) >= 11 is 0. The van der Waals surface area contributed by atoms with E-state index in [4.69, 9.17) is 0 Å². The number of amides is 1. The molecule has 0 aliphatic heterocycles. The molecule has 0 radical (unpaired) electrons. The van der Waals surface area contributed by atoms with E-state index in [-0.39, 0.29) is 5.91 Å². The molecule has 21 heavy (non-hydrogen) atoms. The zero-order valence-corrected chi connectivity index (χ0v) is 13.1. The molecule has 0 fully saturated rings. The fraction of sp³-hybridized carbons (Fsp3) is 0.316. The molecular weight excluding hydrogens is 258 g/mol. The first-order valence-electron chi connectivity index (χ1n) is 7.57. The van der Waals surface area contributed by atoms with Gasteiger partial charge in [0.2, 0.25) is 0 Å². The van der Waals surface area contributed by atoms with Gasteiger partial charge in [0.15, 0.2) is 0 Å². The third-order valence-electron chi connectivity index (χ3n) is 3.66. The monoisotopic (exact) mass is 281 g/mol. The summed E-state index contributed by atoms with van der Waals surface area (Å²) < 4.78 is 0. The summed E-state index contributed by atoms with van der Waals surface area (Å²) in [5.74, 6) is 0.0900. The number of anilines is 1. The van der Waals surface area contributed by atoms with Crippen molar-refractivity contribution in [3.63, 3.8) is 0 Å². The fourth-order valence-electron chi connectivity index (χ4n) is 2.47. The minimum absolute atomic E-state index is 0.0900. The predicted molar refractivity (Wildman–Crippen MR) is 88.9 cm³/mol. The van der Waals surface area contributed by atoms with E-state index < -0.39 is 0 Å². The molecular formula is C19H23NO. The Morgan fingerprint density at radius 3 is 2.38 bits per heavy atom. The summed E-state index contributed by atoms with van der Waals surface area (Å²) in [7, 11) is 0. The summed E-state index contributed by atoms with van der Waals surface area (Å²) in [6.45, 7) is 6.95. The maximum atomic E-state index is 12.9. The molecule has 2 nitrogen and oxygen atoms in total. The number of unbranched alkanes of at least 4 members (excludes halogenated alkanes) is 1. The van der Waals surface area contributed by atoms with E-state index in [0.717, 1.165) is 36.2 Å². The summed E-state index contributed by atoms with van der Waals surface area (Å²) in [5.41, 5.74) is 3.98. The topological polar surface area (TPSA) is 20.3 Å². The van der Waals surface area contributed by atoms with Crippen LogP contribution in [0.1, 0.15) is 41.3 Å². The van der Waals surface area contributed by atoms with Crippen LogP contribution in [0.2, 0.25) is 0 Å². The summed E-state index contributed by atoms with van der Waals surface area (Å²) in [6, 6.07) is 15.9. The van der Waals surface area contributed by atoms with Gasteiger partial charge in [-0.15, -0.1) is 0 Å². The highest BCUT2D eigenvalue weighted by molar-refractivity contribution is 6.07. The lowest BCUT2D eigenvalue weighted by molar-refractivity contribution is 0.0986. The van der Waals surface area contributed by atoms with Crippen molar-refractivity contribution in [1.29, 1.82) is 0 Å². The van der Waals surface area contributed by atoms with Crippen molar-refractivity contribution in [2.45, 2.75) is 33.6 Å². The van der Waals surface area contributed by atoms with Gasteiger partial charge >= 0.3 is 0 Å². The number of hydrogen-bond acceptors (Lipinski definition) is 1. The molecule has 2 aromatic carbocycles. The van der Waals surface area contributed by atoms with E-state index in [1.807, 2.05) is 61.2 Å². The molecule has 0 aliphatic rings. The van der Waals surface area contributed by atoms with E-state index in [9.17, 15) is 4.79 Å². The van der Waals surface area contributed by atoms with Gasteiger partial charge in [0.25, 0.3) is 5.91 Å². The first-order valence-corrected chi connectivity index (χ1v) is 7.57. The van der Waals surface area contributed by atoms with Gasteiger partial charge in [0.05, 0.1) is 0 Å². The Morgan fingerprint density at radius 1 is 1.05 bits per heavy atom. The number of aryl methyl sites for hydroxylation is 2. The smallest absolute Gasteiger partial charge is 0.258 e. The molecule has 0 aliphatic carbocycles. The van der Waals surface area contributed by atoms with E-state index >= 15 is 0 Å². The first-order chi connectivity index (χ1) is 10.1. The molecule has 0 spiro atoms. The van der Waals surface area contributed by atoms with Gasteiger partial charge in [-0.25, -0.2) is 0 Å². The molecule has 0 bridgehead atoms. The molecule has 0 saturated carbocycles. The highest BCUT2D eigenvalue weighted by atomic mass is 16.2. The lowest BCUT2D eigenvalue weighted by Crippen LogP contribution is -2.32. The van der Waals surface area contributed by atoms with Crippen LogP contribution in [0.15, 0.2) is 48.5 Å². The lowest BCUT2D eigenvalue weighted by Gasteiger charge is -2.23. The van der Waals surface area contributed by atoms with Crippen molar-refractivity contribution in [2.24, 2.45) is 0 Å². The third-order valence-corrected chi connectivity index (χ3v) is 3.66. The zero-order valence-electron chi connectivity index (χ0n) is 13.1. The number of nitrogens with zero attached hydrogens (tertiary/aromatic N) is 1. The molecule has 0 unspecified atom stereocenters. The van der Waals surface area contributed by atoms with E-state index in [1.54, 1.807) is 0 Å². The van der Waals surface area contributed by atoms with Gasteiger partial charge in [-0.2, -0.15) is 0 Å². The van der Waals surface area contributed by atoms with E-state index in [1.165, 1.54) is 5.56 Å². The van der Waals surface area contributed by atoms with Gasteiger partial charge in [0, 0.05) is 17.8 Å². The second-order valence-electron chi connectivity index (χ2n) is 5.46. The standard InChI is InChI=1S/C19H23NO/c1-4-5-13-20(17-9-7-6-8-10-17)19(21)18-12-11-15(2)14-16(18)3/h6-12,14H,4-5,13H2,1-3H3. The maximum absolute atomic E-state index is 12.9. The second-order valence-corrected chi connectivity index (χ2v) is 5.46. The van der Waals surface area contributed by atoms with Crippen LogP contribution in [0.25, 0.3) is 0 Å². The van der Waals surface area contributed by atoms with Crippen molar-refractivity contribution in [3.8, 4) is 0 Å². The molecule has 0 atom stereocenters. The highest BCUT2D eigenvalue weighted by Gasteiger charge is 2.18.